The molecule has 2 amide bonds. The van der Waals surface area contributed by atoms with Gasteiger partial charge in [0.05, 0.1) is 24.4 Å². The molecule has 2 aromatic rings. The number of ether oxygens (including phenoxy) is 1. The van der Waals surface area contributed by atoms with Gasteiger partial charge in [0.15, 0.2) is 0 Å². The molecule has 126 valence electrons. The van der Waals surface area contributed by atoms with Crippen LogP contribution in [0.1, 0.15) is 5.56 Å². The number of rotatable bonds is 3. The van der Waals surface area contributed by atoms with Gasteiger partial charge in [-0.1, -0.05) is 35.3 Å². The molecule has 0 saturated carbocycles. The van der Waals surface area contributed by atoms with Gasteiger partial charge < -0.3 is 10.1 Å². The second-order valence-electron chi connectivity index (χ2n) is 5.05. The van der Waals surface area contributed by atoms with Crippen molar-refractivity contribution in [1.82, 2.24) is 4.31 Å². The molecular weight excluding hydrogens is 375 g/mol. The van der Waals surface area contributed by atoms with Crippen molar-refractivity contribution in [1.29, 1.82) is 0 Å². The number of methoxy groups -OCH3 is 1. The molecule has 0 atom stereocenters. The lowest BCUT2D eigenvalue weighted by atomic mass is 10.2. The first kappa shape index (κ1) is 16.9. The Morgan fingerprint density at radius 3 is 2.46 bits per heavy atom. The summed E-state index contributed by atoms with van der Waals surface area (Å²) in [6.07, 6.45) is 0. The summed E-state index contributed by atoms with van der Waals surface area (Å²) in [6, 6.07) is 8.64. The maximum Gasteiger partial charge on any atom is 0.336 e. The SMILES string of the molecule is COc1ccc(CN2C(=O)Nc3cc(Cl)cc(Cl)c3S2(=O)=O)cc1. The van der Waals surface area contributed by atoms with E-state index in [4.69, 9.17) is 27.9 Å². The van der Waals surface area contributed by atoms with Gasteiger partial charge >= 0.3 is 6.03 Å². The molecule has 0 bridgehead atoms. The zero-order valence-corrected chi connectivity index (χ0v) is 14.7. The van der Waals surface area contributed by atoms with Crippen molar-refractivity contribution in [3.05, 3.63) is 52.0 Å². The van der Waals surface area contributed by atoms with E-state index >= 15 is 0 Å². The number of hydrogen-bond donors (Lipinski definition) is 1. The van der Waals surface area contributed by atoms with Crippen molar-refractivity contribution in [2.45, 2.75) is 11.4 Å². The van der Waals surface area contributed by atoms with E-state index in [0.717, 1.165) is 4.31 Å². The van der Waals surface area contributed by atoms with Crippen molar-refractivity contribution in [2.24, 2.45) is 0 Å². The number of benzene rings is 2. The van der Waals surface area contributed by atoms with Gasteiger partial charge in [-0.15, -0.1) is 0 Å². The van der Waals surface area contributed by atoms with E-state index in [0.29, 0.717) is 11.3 Å². The van der Waals surface area contributed by atoms with Crippen molar-refractivity contribution >= 4 is 44.9 Å². The summed E-state index contributed by atoms with van der Waals surface area (Å²) in [7, 11) is -2.56. The first-order chi connectivity index (χ1) is 11.3. The van der Waals surface area contributed by atoms with Gasteiger partial charge in [0.25, 0.3) is 10.0 Å². The fraction of sp³-hybridized carbons (Fsp3) is 0.133. The van der Waals surface area contributed by atoms with Crippen LogP contribution in [0.4, 0.5) is 10.5 Å². The third-order valence-electron chi connectivity index (χ3n) is 3.51. The molecule has 1 aliphatic heterocycles. The number of nitrogens with one attached hydrogen (secondary N) is 1. The Balaban J connectivity index is 2.01. The summed E-state index contributed by atoms with van der Waals surface area (Å²) in [5, 5.41) is 2.69. The highest BCUT2D eigenvalue weighted by Crippen LogP contribution is 2.38. The molecule has 0 spiro atoms. The number of anilines is 1. The molecular formula is C15H12Cl2N2O4S. The number of urea groups is 1. The van der Waals surface area contributed by atoms with Crippen LogP contribution in [0, 0.1) is 0 Å². The molecule has 0 aromatic heterocycles. The molecule has 0 unspecified atom stereocenters. The van der Waals surface area contributed by atoms with E-state index in [9.17, 15) is 13.2 Å². The highest BCUT2D eigenvalue weighted by Gasteiger charge is 2.38. The van der Waals surface area contributed by atoms with Gasteiger partial charge in [-0.05, 0) is 29.8 Å². The first-order valence-electron chi connectivity index (χ1n) is 6.78. The number of carbonyl (C=O) groups is 1. The fourth-order valence-electron chi connectivity index (χ4n) is 2.37. The lowest BCUT2D eigenvalue weighted by Gasteiger charge is -2.29. The van der Waals surface area contributed by atoms with Crippen molar-refractivity contribution in [2.75, 3.05) is 12.4 Å². The zero-order chi connectivity index (χ0) is 17.5. The number of sulfonamides is 1. The second-order valence-corrected chi connectivity index (χ2v) is 7.70. The van der Waals surface area contributed by atoms with Crippen LogP contribution < -0.4 is 10.1 Å². The average molecular weight is 387 g/mol. The lowest BCUT2D eigenvalue weighted by molar-refractivity contribution is 0.233. The standard InChI is InChI=1S/C15H12Cl2N2O4S/c1-23-11-4-2-9(3-5-11)8-19-15(20)18-13-7-10(16)6-12(17)14(13)24(19,21)22/h2-7H,8H2,1H3,(H,18,20). The Labute approximate surface area is 149 Å². The Morgan fingerprint density at radius 2 is 1.83 bits per heavy atom. The molecule has 1 N–H and O–H groups in total. The van der Waals surface area contributed by atoms with Gasteiger partial charge in [0.2, 0.25) is 0 Å². The third kappa shape index (κ3) is 2.90. The molecule has 6 nitrogen and oxygen atoms in total. The number of nitrogens with zero attached hydrogens (tertiary/aromatic N) is 1. The molecule has 2 aromatic carbocycles. The monoisotopic (exact) mass is 386 g/mol. The van der Waals surface area contributed by atoms with E-state index in [1.54, 1.807) is 24.3 Å². The van der Waals surface area contributed by atoms with Crippen LogP contribution in [0.15, 0.2) is 41.3 Å². The van der Waals surface area contributed by atoms with E-state index < -0.39 is 16.1 Å². The van der Waals surface area contributed by atoms with Gasteiger partial charge in [-0.2, -0.15) is 0 Å². The maximum absolute atomic E-state index is 12.8. The Hall–Kier alpha value is -1.96. The van der Waals surface area contributed by atoms with E-state index in [1.807, 2.05) is 0 Å². The van der Waals surface area contributed by atoms with Crippen LogP contribution in [0.2, 0.25) is 10.0 Å². The minimum atomic E-state index is -4.09. The van der Waals surface area contributed by atoms with Crippen LogP contribution in [0.25, 0.3) is 0 Å². The molecule has 0 aliphatic carbocycles. The van der Waals surface area contributed by atoms with Gasteiger partial charge in [0, 0.05) is 5.02 Å². The van der Waals surface area contributed by atoms with Gasteiger partial charge in [-0.3, -0.25) is 0 Å². The third-order valence-corrected chi connectivity index (χ3v) is 5.97. The molecule has 24 heavy (non-hydrogen) atoms. The topological polar surface area (TPSA) is 75.7 Å². The number of halogens is 2. The predicted molar refractivity (Wildman–Crippen MR) is 91.2 cm³/mol. The molecule has 3 rings (SSSR count). The van der Waals surface area contributed by atoms with Crippen molar-refractivity contribution < 1.29 is 17.9 Å². The van der Waals surface area contributed by atoms with Crippen LogP contribution in [0.3, 0.4) is 0 Å². The molecule has 1 heterocycles. The summed E-state index contributed by atoms with van der Waals surface area (Å²) in [6.45, 7) is -0.128. The molecule has 1 aliphatic rings. The summed E-state index contributed by atoms with van der Waals surface area (Å²) < 4.78 is 31.4. The van der Waals surface area contributed by atoms with Crippen molar-refractivity contribution in [3.8, 4) is 5.75 Å². The van der Waals surface area contributed by atoms with E-state index in [1.165, 1.54) is 19.2 Å². The van der Waals surface area contributed by atoms with Gasteiger partial charge in [-0.25, -0.2) is 17.5 Å². The Bertz CT molecular complexity index is 914. The molecule has 0 fully saturated rings. The zero-order valence-electron chi connectivity index (χ0n) is 12.4. The number of carbonyl (C=O) groups excluding carboxylic acids is 1. The average Bonchev–Trinajstić information content (AvgIpc) is 2.50. The van der Waals surface area contributed by atoms with E-state index in [-0.39, 0.29) is 27.2 Å². The molecule has 9 heteroatoms. The van der Waals surface area contributed by atoms with Crippen LogP contribution in [-0.4, -0.2) is 25.9 Å². The lowest BCUT2D eigenvalue weighted by Crippen LogP contribution is -2.43. The second kappa shape index (κ2) is 6.16. The van der Waals surface area contributed by atoms with Crippen LogP contribution in [-0.2, 0) is 16.6 Å². The van der Waals surface area contributed by atoms with E-state index in [2.05, 4.69) is 5.32 Å². The highest BCUT2D eigenvalue weighted by atomic mass is 35.5. The summed E-state index contributed by atoms with van der Waals surface area (Å²) in [4.78, 5) is 12.1. The van der Waals surface area contributed by atoms with Crippen LogP contribution in [0.5, 0.6) is 5.75 Å². The van der Waals surface area contributed by atoms with Gasteiger partial charge in [0.1, 0.15) is 10.6 Å². The number of amides is 2. The Morgan fingerprint density at radius 1 is 1.17 bits per heavy atom. The smallest absolute Gasteiger partial charge is 0.336 e. The number of fused-ring (bicyclic) bond motifs is 1. The largest absolute Gasteiger partial charge is 0.497 e. The summed E-state index contributed by atoms with van der Waals surface area (Å²) in [5.41, 5.74) is 0.701. The van der Waals surface area contributed by atoms with Crippen molar-refractivity contribution in [3.63, 3.8) is 0 Å². The summed E-state index contributed by atoms with van der Waals surface area (Å²) >= 11 is 11.9. The first-order valence-corrected chi connectivity index (χ1v) is 8.98. The maximum atomic E-state index is 12.8. The number of hydrogen-bond acceptors (Lipinski definition) is 4. The normalized spacial score (nSPS) is 15.6. The minimum Gasteiger partial charge on any atom is -0.497 e. The van der Waals surface area contributed by atoms with Crippen LogP contribution >= 0.6 is 23.2 Å². The Kier molecular flexibility index (Phi) is 4.33. The quantitative estimate of drug-likeness (QED) is 0.871. The molecule has 0 radical (unpaired) electrons. The fourth-order valence-corrected chi connectivity index (χ4v) is 4.65. The molecule has 0 saturated heterocycles. The highest BCUT2D eigenvalue weighted by molar-refractivity contribution is 7.90. The summed E-state index contributed by atoms with van der Waals surface area (Å²) in [5.74, 6) is 0.632. The predicted octanol–water partition coefficient (Wildman–Crippen LogP) is 3.74. The minimum absolute atomic E-state index is 0.0442.